The minimum atomic E-state index is -0.263. The molecule has 0 saturated carbocycles. The summed E-state index contributed by atoms with van der Waals surface area (Å²) in [5, 5.41) is 19.2. The summed E-state index contributed by atoms with van der Waals surface area (Å²) >= 11 is 0. The van der Waals surface area contributed by atoms with Gasteiger partial charge in [-0.3, -0.25) is 16.1 Å². The van der Waals surface area contributed by atoms with E-state index in [0.717, 1.165) is 5.69 Å². The Bertz CT molecular complexity index is 325. The molecule has 7 N–H and O–H groups in total. The first kappa shape index (κ1) is 9.11. The number of nitrogens with two attached hydrogens (primary N) is 1. The number of anilines is 1. The van der Waals surface area contributed by atoms with Crippen molar-refractivity contribution in [3.05, 3.63) is 17.8 Å². The summed E-state index contributed by atoms with van der Waals surface area (Å²) in [5.74, 6) is 0.395. The molecule has 6 heteroatoms. The zero-order valence-corrected chi connectivity index (χ0v) is 7.23. The molecule has 1 heterocycles. The maximum Gasteiger partial charge on any atom is 0.200 e. The van der Waals surface area contributed by atoms with Crippen LogP contribution in [0.5, 0.6) is 0 Å². The number of aromatic nitrogens is 1. The zero-order chi connectivity index (χ0) is 9.84. The zero-order valence-electron chi connectivity index (χ0n) is 7.23. The van der Waals surface area contributed by atoms with E-state index in [9.17, 15) is 0 Å². The number of nitrogens with one attached hydrogen (secondary N) is 5. The van der Waals surface area contributed by atoms with Crippen LogP contribution in [0.25, 0.3) is 0 Å². The number of aromatic amines is 1. The van der Waals surface area contributed by atoms with Crippen LogP contribution in [0.2, 0.25) is 0 Å². The molecule has 0 aliphatic carbocycles. The van der Waals surface area contributed by atoms with E-state index in [2.05, 4.69) is 15.6 Å². The van der Waals surface area contributed by atoms with E-state index in [1.165, 1.54) is 0 Å². The van der Waals surface area contributed by atoms with Gasteiger partial charge in [0.25, 0.3) is 0 Å². The van der Waals surface area contributed by atoms with Crippen LogP contribution in [-0.2, 0) is 0 Å². The van der Waals surface area contributed by atoms with Crippen LogP contribution >= 0.6 is 0 Å². The number of hydrogen-bond donors (Lipinski definition) is 6. The highest BCUT2D eigenvalue weighted by atomic mass is 15.2. The molecule has 0 radical (unpaired) electrons. The highest BCUT2D eigenvalue weighted by molar-refractivity contribution is 6.01. The molecule has 70 valence electrons. The Morgan fingerprint density at radius 1 is 1.46 bits per heavy atom. The van der Waals surface area contributed by atoms with Gasteiger partial charge in [0.05, 0.1) is 0 Å². The second-order valence-electron chi connectivity index (χ2n) is 2.59. The minimum absolute atomic E-state index is 0.0330. The van der Waals surface area contributed by atoms with Gasteiger partial charge in [-0.15, -0.1) is 0 Å². The highest BCUT2D eigenvalue weighted by Crippen LogP contribution is 2.04. The fourth-order valence-electron chi connectivity index (χ4n) is 0.878. The molecule has 0 bridgehead atoms. The van der Waals surface area contributed by atoms with Crippen molar-refractivity contribution in [2.24, 2.45) is 5.73 Å². The summed E-state index contributed by atoms with van der Waals surface area (Å²) in [4.78, 5) is 2.98. The second-order valence-corrected chi connectivity index (χ2v) is 2.59. The number of rotatable bonds is 1. The van der Waals surface area contributed by atoms with Gasteiger partial charge in [-0.25, -0.2) is 0 Å². The van der Waals surface area contributed by atoms with Crippen molar-refractivity contribution in [2.75, 3.05) is 5.32 Å². The lowest BCUT2D eigenvalue weighted by molar-refractivity contribution is 1.19. The Labute approximate surface area is 75.5 Å². The molecule has 1 rings (SSSR count). The van der Waals surface area contributed by atoms with Crippen molar-refractivity contribution in [1.82, 2.24) is 10.3 Å². The van der Waals surface area contributed by atoms with E-state index in [-0.39, 0.29) is 11.9 Å². The van der Waals surface area contributed by atoms with E-state index < -0.39 is 0 Å². The number of H-pyrrole nitrogens is 1. The Hall–Kier alpha value is -1.98. The van der Waals surface area contributed by atoms with Gasteiger partial charge in [-0.1, -0.05) is 0 Å². The van der Waals surface area contributed by atoms with Crippen LogP contribution < -0.4 is 16.4 Å². The predicted octanol–water partition coefficient (Wildman–Crippen LogP) is 0.153. The van der Waals surface area contributed by atoms with Crippen LogP contribution in [-0.4, -0.2) is 16.9 Å². The number of guanidine groups is 2. The van der Waals surface area contributed by atoms with Gasteiger partial charge < -0.3 is 16.0 Å². The Balaban J connectivity index is 2.50. The lowest BCUT2D eigenvalue weighted by atomic mass is 10.5. The van der Waals surface area contributed by atoms with E-state index in [4.69, 9.17) is 16.6 Å². The fraction of sp³-hybridized carbons (Fsp3) is 0.143. The van der Waals surface area contributed by atoms with Crippen LogP contribution in [0, 0.1) is 17.7 Å². The van der Waals surface area contributed by atoms with Crippen molar-refractivity contribution in [3.63, 3.8) is 0 Å². The predicted molar refractivity (Wildman–Crippen MR) is 51.9 cm³/mol. The molecule has 0 saturated heterocycles. The standard InChI is InChI=1S/C7H12N6/c1-4-2-3-5(11-4)12-7(10)13-6(8)9/h2-3,11H,1H3,(H6,8,9,10,12,13). The van der Waals surface area contributed by atoms with Gasteiger partial charge in [-0.2, -0.15) is 0 Å². The third-order valence-electron chi connectivity index (χ3n) is 1.35. The summed E-state index contributed by atoms with van der Waals surface area (Å²) < 4.78 is 0. The summed E-state index contributed by atoms with van der Waals surface area (Å²) in [6, 6.07) is 3.68. The molecule has 0 aromatic carbocycles. The maximum absolute atomic E-state index is 7.30. The average molecular weight is 180 g/mol. The number of hydrogen-bond acceptors (Lipinski definition) is 2. The summed E-state index contributed by atoms with van der Waals surface area (Å²) in [5.41, 5.74) is 6.03. The third kappa shape index (κ3) is 2.86. The number of aryl methyl sites for hydroxylation is 1. The van der Waals surface area contributed by atoms with Gasteiger partial charge in [0, 0.05) is 5.69 Å². The van der Waals surface area contributed by atoms with Crippen molar-refractivity contribution < 1.29 is 0 Å². The first-order chi connectivity index (χ1) is 6.08. The molecule has 0 aliphatic heterocycles. The Morgan fingerprint density at radius 2 is 2.15 bits per heavy atom. The van der Waals surface area contributed by atoms with Crippen molar-refractivity contribution in [1.29, 1.82) is 10.8 Å². The molecule has 0 fully saturated rings. The minimum Gasteiger partial charge on any atom is -0.370 e. The Morgan fingerprint density at radius 3 is 2.62 bits per heavy atom. The van der Waals surface area contributed by atoms with E-state index >= 15 is 0 Å². The van der Waals surface area contributed by atoms with Crippen LogP contribution in [0.1, 0.15) is 5.69 Å². The monoisotopic (exact) mass is 180 g/mol. The Kier molecular flexibility index (Phi) is 2.53. The van der Waals surface area contributed by atoms with E-state index in [0.29, 0.717) is 5.82 Å². The quantitative estimate of drug-likeness (QED) is 0.273. The second kappa shape index (κ2) is 3.61. The molecule has 0 spiro atoms. The molecular formula is C7H12N6. The van der Waals surface area contributed by atoms with Crippen molar-refractivity contribution in [2.45, 2.75) is 6.92 Å². The van der Waals surface area contributed by atoms with Gasteiger partial charge in [-0.05, 0) is 19.1 Å². The topological polar surface area (TPSA) is 114 Å². The maximum atomic E-state index is 7.30. The molecule has 0 unspecified atom stereocenters. The van der Waals surface area contributed by atoms with E-state index in [1.807, 2.05) is 13.0 Å². The van der Waals surface area contributed by atoms with Gasteiger partial charge in [0.1, 0.15) is 5.82 Å². The molecule has 1 aromatic rings. The molecule has 0 aliphatic rings. The van der Waals surface area contributed by atoms with Crippen LogP contribution in [0.15, 0.2) is 12.1 Å². The third-order valence-corrected chi connectivity index (χ3v) is 1.35. The lowest BCUT2D eigenvalue weighted by Gasteiger charge is -2.06. The normalized spacial score (nSPS) is 9.31. The van der Waals surface area contributed by atoms with Gasteiger partial charge in [0.15, 0.2) is 5.96 Å². The molecule has 1 aromatic heterocycles. The first-order valence-corrected chi connectivity index (χ1v) is 3.70. The molecule has 13 heavy (non-hydrogen) atoms. The van der Waals surface area contributed by atoms with Gasteiger partial charge in [0.2, 0.25) is 5.96 Å². The molecule has 6 nitrogen and oxygen atoms in total. The molecular weight excluding hydrogens is 168 g/mol. The summed E-state index contributed by atoms with van der Waals surface area (Å²) in [6.07, 6.45) is 0. The molecule has 0 atom stereocenters. The largest absolute Gasteiger partial charge is 0.370 e. The van der Waals surface area contributed by atoms with Crippen molar-refractivity contribution >= 4 is 17.7 Å². The fourth-order valence-corrected chi connectivity index (χ4v) is 0.878. The van der Waals surface area contributed by atoms with Crippen LogP contribution in [0.3, 0.4) is 0 Å². The highest BCUT2D eigenvalue weighted by Gasteiger charge is 1.98. The lowest BCUT2D eigenvalue weighted by Crippen LogP contribution is -2.39. The molecule has 0 amide bonds. The van der Waals surface area contributed by atoms with Crippen molar-refractivity contribution in [3.8, 4) is 0 Å². The smallest absolute Gasteiger partial charge is 0.200 e. The average Bonchev–Trinajstić information content (AvgIpc) is 2.33. The van der Waals surface area contributed by atoms with E-state index in [1.54, 1.807) is 6.07 Å². The summed E-state index contributed by atoms with van der Waals surface area (Å²) in [7, 11) is 0. The van der Waals surface area contributed by atoms with Crippen LogP contribution in [0.4, 0.5) is 5.82 Å². The SMILES string of the molecule is Cc1ccc(NC(=N)NC(=N)N)[nH]1. The first-order valence-electron chi connectivity index (χ1n) is 3.70. The van der Waals surface area contributed by atoms with Gasteiger partial charge >= 0.3 is 0 Å². The summed E-state index contributed by atoms with van der Waals surface area (Å²) in [6.45, 7) is 1.91.